The molecule has 1 aromatic carbocycles. The molecule has 0 spiro atoms. The van der Waals surface area contributed by atoms with Gasteiger partial charge in [-0.2, -0.15) is 0 Å². The van der Waals surface area contributed by atoms with Crippen molar-refractivity contribution in [3.8, 4) is 0 Å². The molecule has 0 aliphatic carbocycles. The second kappa shape index (κ2) is 7.48. The molecule has 0 saturated carbocycles. The van der Waals surface area contributed by atoms with Crippen LogP contribution >= 0.6 is 0 Å². The molecule has 0 saturated heterocycles. The molecular weight excluding hydrogens is 242 g/mol. The standard InChI is InChI=1S/C15H19NO3/c1-12(17)14(9-16(2)3)15(18)11-19-10-13-7-5-4-6-8-13/h4-9H,10-11H2,1-3H3/b14-9+. The third-order valence-electron chi connectivity index (χ3n) is 2.41. The van der Waals surface area contributed by atoms with Gasteiger partial charge < -0.3 is 9.64 Å². The van der Waals surface area contributed by atoms with Gasteiger partial charge in [0.15, 0.2) is 11.6 Å². The molecule has 4 heteroatoms. The Hall–Kier alpha value is -1.94. The zero-order valence-electron chi connectivity index (χ0n) is 11.6. The van der Waals surface area contributed by atoms with E-state index in [1.807, 2.05) is 30.3 Å². The number of carbonyl (C=O) groups excluding carboxylic acids is 2. The summed E-state index contributed by atoms with van der Waals surface area (Å²) in [4.78, 5) is 24.9. The first-order valence-corrected chi connectivity index (χ1v) is 6.04. The lowest BCUT2D eigenvalue weighted by Gasteiger charge is -2.09. The number of hydrogen-bond donors (Lipinski definition) is 0. The zero-order valence-corrected chi connectivity index (χ0v) is 11.6. The summed E-state index contributed by atoms with van der Waals surface area (Å²) in [6.45, 7) is 1.65. The predicted molar refractivity (Wildman–Crippen MR) is 73.6 cm³/mol. The van der Waals surface area contributed by atoms with E-state index >= 15 is 0 Å². The van der Waals surface area contributed by atoms with Crippen molar-refractivity contribution in [2.24, 2.45) is 0 Å². The molecule has 102 valence electrons. The molecule has 19 heavy (non-hydrogen) atoms. The second-order valence-corrected chi connectivity index (χ2v) is 4.46. The number of Topliss-reactive ketones (excluding diaryl/α,β-unsaturated/α-hetero) is 2. The summed E-state index contributed by atoms with van der Waals surface area (Å²) < 4.78 is 5.33. The molecule has 0 bridgehead atoms. The van der Waals surface area contributed by atoms with Crippen molar-refractivity contribution in [2.45, 2.75) is 13.5 Å². The van der Waals surface area contributed by atoms with E-state index < -0.39 is 0 Å². The van der Waals surface area contributed by atoms with Gasteiger partial charge in [0.2, 0.25) is 0 Å². The van der Waals surface area contributed by atoms with Crippen LogP contribution in [0.2, 0.25) is 0 Å². The quantitative estimate of drug-likeness (QED) is 0.426. The predicted octanol–water partition coefficient (Wildman–Crippen LogP) is 1.81. The van der Waals surface area contributed by atoms with Crippen molar-refractivity contribution in [1.82, 2.24) is 4.90 Å². The smallest absolute Gasteiger partial charge is 0.193 e. The van der Waals surface area contributed by atoms with Crippen LogP contribution < -0.4 is 0 Å². The molecular formula is C15H19NO3. The highest BCUT2D eigenvalue weighted by Gasteiger charge is 2.14. The Morgan fingerprint density at radius 3 is 2.37 bits per heavy atom. The SMILES string of the molecule is CC(=O)/C(=C\N(C)C)C(=O)COCc1ccccc1. The van der Waals surface area contributed by atoms with Crippen LogP contribution in [0.15, 0.2) is 42.1 Å². The average Bonchev–Trinajstić information content (AvgIpc) is 2.36. The van der Waals surface area contributed by atoms with E-state index in [1.54, 1.807) is 19.0 Å². The molecule has 4 nitrogen and oxygen atoms in total. The number of carbonyl (C=O) groups is 2. The van der Waals surface area contributed by atoms with Crippen LogP contribution in [0.25, 0.3) is 0 Å². The highest BCUT2D eigenvalue weighted by atomic mass is 16.5. The molecule has 0 aliphatic rings. The fraction of sp³-hybridized carbons (Fsp3) is 0.333. The van der Waals surface area contributed by atoms with Gasteiger partial charge in [0, 0.05) is 20.3 Å². The lowest BCUT2D eigenvalue weighted by atomic mass is 10.1. The van der Waals surface area contributed by atoms with Crippen LogP contribution in [-0.2, 0) is 20.9 Å². The molecule has 0 unspecified atom stereocenters. The van der Waals surface area contributed by atoms with Crippen LogP contribution in [0.3, 0.4) is 0 Å². The summed E-state index contributed by atoms with van der Waals surface area (Å²) in [7, 11) is 3.53. The Labute approximate surface area is 113 Å². The molecule has 0 heterocycles. The van der Waals surface area contributed by atoms with Crippen molar-refractivity contribution in [2.75, 3.05) is 20.7 Å². The summed E-state index contributed by atoms with van der Waals surface area (Å²) in [5, 5.41) is 0. The first-order chi connectivity index (χ1) is 9.00. The minimum Gasteiger partial charge on any atom is -0.383 e. The normalized spacial score (nSPS) is 11.2. The minimum atomic E-state index is -0.294. The number of ketones is 2. The molecule has 0 N–H and O–H groups in total. The van der Waals surface area contributed by atoms with Crippen molar-refractivity contribution in [3.63, 3.8) is 0 Å². The highest BCUT2D eigenvalue weighted by Crippen LogP contribution is 2.04. The monoisotopic (exact) mass is 261 g/mol. The summed E-state index contributed by atoms with van der Waals surface area (Å²) in [5.41, 5.74) is 1.16. The van der Waals surface area contributed by atoms with Gasteiger partial charge >= 0.3 is 0 Å². The molecule has 0 amide bonds. The van der Waals surface area contributed by atoms with Gasteiger partial charge in [-0.25, -0.2) is 0 Å². The Kier molecular flexibility index (Phi) is 5.96. The molecule has 0 fully saturated rings. The fourth-order valence-electron chi connectivity index (χ4n) is 1.53. The van der Waals surface area contributed by atoms with E-state index in [0.29, 0.717) is 6.61 Å². The lowest BCUT2D eigenvalue weighted by Crippen LogP contribution is -2.19. The Morgan fingerprint density at radius 1 is 1.21 bits per heavy atom. The second-order valence-electron chi connectivity index (χ2n) is 4.46. The first kappa shape index (κ1) is 15.1. The van der Waals surface area contributed by atoms with Gasteiger partial charge in [-0.3, -0.25) is 9.59 Å². The molecule has 1 rings (SSSR count). The minimum absolute atomic E-state index is 0.0891. The van der Waals surface area contributed by atoms with Gasteiger partial charge in [0.05, 0.1) is 12.2 Å². The highest BCUT2D eigenvalue weighted by molar-refractivity contribution is 6.19. The van der Waals surface area contributed by atoms with Crippen LogP contribution in [0.4, 0.5) is 0 Å². The molecule has 0 aliphatic heterocycles. The third-order valence-corrected chi connectivity index (χ3v) is 2.41. The van der Waals surface area contributed by atoms with Crippen molar-refractivity contribution in [3.05, 3.63) is 47.7 Å². The van der Waals surface area contributed by atoms with E-state index in [1.165, 1.54) is 13.1 Å². The Bertz CT molecular complexity index is 464. The van der Waals surface area contributed by atoms with Gasteiger partial charge in [0.1, 0.15) is 6.61 Å². The Morgan fingerprint density at radius 2 is 1.84 bits per heavy atom. The zero-order chi connectivity index (χ0) is 14.3. The van der Waals surface area contributed by atoms with Gasteiger partial charge in [0.25, 0.3) is 0 Å². The summed E-state index contributed by atoms with van der Waals surface area (Å²) >= 11 is 0. The topological polar surface area (TPSA) is 46.6 Å². The van der Waals surface area contributed by atoms with Crippen LogP contribution in [0.5, 0.6) is 0 Å². The third kappa shape index (κ3) is 5.48. The van der Waals surface area contributed by atoms with E-state index in [9.17, 15) is 9.59 Å². The summed E-state index contributed by atoms with van der Waals surface area (Å²) in [6.07, 6.45) is 1.52. The maximum Gasteiger partial charge on any atom is 0.193 e. The van der Waals surface area contributed by atoms with Crippen LogP contribution in [-0.4, -0.2) is 37.2 Å². The van der Waals surface area contributed by atoms with E-state index in [4.69, 9.17) is 4.74 Å². The van der Waals surface area contributed by atoms with Crippen molar-refractivity contribution in [1.29, 1.82) is 0 Å². The Balaban J connectivity index is 2.52. The number of rotatable bonds is 7. The maximum atomic E-state index is 11.9. The maximum absolute atomic E-state index is 11.9. The van der Waals surface area contributed by atoms with Gasteiger partial charge in [-0.1, -0.05) is 30.3 Å². The summed E-state index contributed by atoms with van der Waals surface area (Å²) in [6, 6.07) is 9.58. The summed E-state index contributed by atoms with van der Waals surface area (Å²) in [5.74, 6) is -0.542. The molecule has 0 aromatic heterocycles. The van der Waals surface area contributed by atoms with E-state index in [-0.39, 0.29) is 23.7 Å². The number of nitrogens with zero attached hydrogens (tertiary/aromatic N) is 1. The van der Waals surface area contributed by atoms with Gasteiger partial charge in [-0.05, 0) is 12.5 Å². The van der Waals surface area contributed by atoms with E-state index in [2.05, 4.69) is 0 Å². The molecule has 0 atom stereocenters. The van der Waals surface area contributed by atoms with E-state index in [0.717, 1.165) is 5.56 Å². The number of ether oxygens (including phenoxy) is 1. The van der Waals surface area contributed by atoms with Crippen LogP contribution in [0.1, 0.15) is 12.5 Å². The number of benzene rings is 1. The molecule has 0 radical (unpaired) electrons. The first-order valence-electron chi connectivity index (χ1n) is 6.04. The van der Waals surface area contributed by atoms with Crippen LogP contribution in [0, 0.1) is 0 Å². The lowest BCUT2D eigenvalue weighted by molar-refractivity contribution is -0.123. The molecule has 1 aromatic rings. The fourth-order valence-corrected chi connectivity index (χ4v) is 1.53. The average molecular weight is 261 g/mol. The van der Waals surface area contributed by atoms with Crippen molar-refractivity contribution >= 4 is 11.6 Å². The van der Waals surface area contributed by atoms with Gasteiger partial charge in [-0.15, -0.1) is 0 Å². The largest absolute Gasteiger partial charge is 0.383 e. The number of hydrogen-bond acceptors (Lipinski definition) is 4. The van der Waals surface area contributed by atoms with Crippen molar-refractivity contribution < 1.29 is 14.3 Å².